The molecule has 0 aromatic heterocycles. The number of piperidine rings is 1. The molecular weight excluding hydrogens is 390 g/mol. The van der Waals surface area contributed by atoms with Gasteiger partial charge in [-0.3, -0.25) is 14.9 Å². The van der Waals surface area contributed by atoms with Crippen LogP contribution < -0.4 is 10.2 Å². The maximum absolute atomic E-state index is 12.7. The van der Waals surface area contributed by atoms with Crippen LogP contribution in [0.25, 0.3) is 0 Å². The maximum atomic E-state index is 12.7. The molecule has 1 fully saturated rings. The summed E-state index contributed by atoms with van der Waals surface area (Å²) in [7, 11) is 0. The Morgan fingerprint density at radius 1 is 1.21 bits per heavy atom. The summed E-state index contributed by atoms with van der Waals surface area (Å²) in [6.45, 7) is 7.86. The SMILES string of the molecule is CC1CCN(c2cc(NC(=O)c3ccc(C(C)C)cc3)c(Cl)cc2[N+](=O)[O-])CC1. The first-order valence-electron chi connectivity index (χ1n) is 9.90. The van der Waals surface area contributed by atoms with E-state index >= 15 is 0 Å². The predicted molar refractivity (Wildman–Crippen MR) is 117 cm³/mol. The van der Waals surface area contributed by atoms with E-state index in [4.69, 9.17) is 11.6 Å². The number of carbonyl (C=O) groups is 1. The van der Waals surface area contributed by atoms with Gasteiger partial charge in [0.1, 0.15) is 5.69 Å². The number of anilines is 2. The molecule has 0 unspecified atom stereocenters. The lowest BCUT2D eigenvalue weighted by Gasteiger charge is -2.32. The van der Waals surface area contributed by atoms with E-state index in [1.807, 2.05) is 17.0 Å². The number of amides is 1. The molecule has 0 saturated carbocycles. The summed E-state index contributed by atoms with van der Waals surface area (Å²) in [4.78, 5) is 25.8. The van der Waals surface area contributed by atoms with Gasteiger partial charge in [0.15, 0.2) is 0 Å². The topological polar surface area (TPSA) is 75.5 Å². The van der Waals surface area contributed by atoms with Gasteiger partial charge >= 0.3 is 0 Å². The van der Waals surface area contributed by atoms with Crippen molar-refractivity contribution in [1.29, 1.82) is 0 Å². The molecule has 0 atom stereocenters. The standard InChI is InChI=1S/C22H26ClN3O3/c1-14(2)16-4-6-17(7-5-16)22(27)24-19-13-20(21(26(28)29)12-18(19)23)25-10-8-15(3)9-11-25/h4-7,12-15H,8-11H2,1-3H3,(H,24,27). The van der Waals surface area contributed by atoms with Gasteiger partial charge in [0.2, 0.25) is 0 Å². The minimum absolute atomic E-state index is 0.0381. The van der Waals surface area contributed by atoms with Gasteiger partial charge in [0.25, 0.3) is 11.6 Å². The van der Waals surface area contributed by atoms with E-state index in [0.717, 1.165) is 31.5 Å². The van der Waals surface area contributed by atoms with Gasteiger partial charge in [-0.2, -0.15) is 0 Å². The largest absolute Gasteiger partial charge is 0.366 e. The van der Waals surface area contributed by atoms with Crippen LogP contribution in [-0.2, 0) is 0 Å². The Labute approximate surface area is 176 Å². The third-order valence-electron chi connectivity index (χ3n) is 5.47. The third-order valence-corrected chi connectivity index (χ3v) is 5.79. The number of hydrogen-bond donors (Lipinski definition) is 1. The van der Waals surface area contributed by atoms with Crippen LogP contribution in [0.1, 0.15) is 55.5 Å². The van der Waals surface area contributed by atoms with E-state index in [2.05, 4.69) is 26.1 Å². The lowest BCUT2D eigenvalue weighted by Crippen LogP contribution is -2.33. The van der Waals surface area contributed by atoms with Crippen molar-refractivity contribution in [1.82, 2.24) is 0 Å². The molecule has 0 radical (unpaired) electrons. The molecule has 29 heavy (non-hydrogen) atoms. The Bertz CT molecular complexity index is 904. The number of halogens is 1. The molecule has 2 aromatic carbocycles. The molecule has 154 valence electrons. The first kappa shape index (κ1) is 21.1. The smallest absolute Gasteiger partial charge is 0.294 e. The second kappa shape index (κ2) is 8.82. The second-order valence-corrected chi connectivity index (χ2v) is 8.39. The van der Waals surface area contributed by atoms with E-state index in [1.165, 1.54) is 6.07 Å². The highest BCUT2D eigenvalue weighted by Crippen LogP contribution is 2.38. The number of nitrogens with one attached hydrogen (secondary N) is 1. The van der Waals surface area contributed by atoms with Crippen molar-refractivity contribution < 1.29 is 9.72 Å². The summed E-state index contributed by atoms with van der Waals surface area (Å²) in [5.41, 5.74) is 2.50. The predicted octanol–water partition coefficient (Wildman–Crippen LogP) is 5.86. The zero-order chi connectivity index (χ0) is 21.1. The van der Waals surface area contributed by atoms with Crippen molar-refractivity contribution in [3.05, 3.63) is 62.7 Å². The van der Waals surface area contributed by atoms with E-state index < -0.39 is 4.92 Å². The van der Waals surface area contributed by atoms with Crippen molar-refractivity contribution in [2.75, 3.05) is 23.3 Å². The van der Waals surface area contributed by atoms with Crippen molar-refractivity contribution in [2.45, 2.75) is 39.5 Å². The minimum atomic E-state index is -0.421. The molecule has 0 bridgehead atoms. The first-order chi connectivity index (χ1) is 13.8. The number of carbonyl (C=O) groups excluding carboxylic acids is 1. The van der Waals surface area contributed by atoms with Crippen LogP contribution in [0.3, 0.4) is 0 Å². The molecule has 1 amide bonds. The molecule has 1 aliphatic rings. The van der Waals surface area contributed by atoms with Crippen molar-refractivity contribution in [2.24, 2.45) is 5.92 Å². The fourth-order valence-electron chi connectivity index (χ4n) is 3.51. The van der Waals surface area contributed by atoms with Gasteiger partial charge in [0.05, 0.1) is 15.6 Å². The number of rotatable bonds is 5. The monoisotopic (exact) mass is 415 g/mol. The first-order valence-corrected chi connectivity index (χ1v) is 10.3. The summed E-state index contributed by atoms with van der Waals surface area (Å²) in [6, 6.07) is 10.4. The van der Waals surface area contributed by atoms with Gasteiger partial charge in [-0.15, -0.1) is 0 Å². The Morgan fingerprint density at radius 2 is 1.83 bits per heavy atom. The van der Waals surface area contributed by atoms with Crippen LogP contribution in [0.2, 0.25) is 5.02 Å². The zero-order valence-corrected chi connectivity index (χ0v) is 17.7. The summed E-state index contributed by atoms with van der Waals surface area (Å²) in [5.74, 6) is 0.686. The summed E-state index contributed by atoms with van der Waals surface area (Å²) in [6.07, 6.45) is 1.95. The van der Waals surface area contributed by atoms with Gasteiger partial charge in [-0.05, 0) is 48.4 Å². The quantitative estimate of drug-likeness (QED) is 0.490. The molecule has 2 aromatic rings. The zero-order valence-electron chi connectivity index (χ0n) is 16.9. The number of nitro groups is 1. The molecule has 1 heterocycles. The third kappa shape index (κ3) is 4.88. The lowest BCUT2D eigenvalue weighted by atomic mass is 9.98. The van der Waals surface area contributed by atoms with Crippen LogP contribution in [0, 0.1) is 16.0 Å². The minimum Gasteiger partial charge on any atom is -0.366 e. The fraction of sp³-hybridized carbons (Fsp3) is 0.409. The Hall–Kier alpha value is -2.60. The van der Waals surface area contributed by atoms with Crippen molar-refractivity contribution >= 4 is 34.6 Å². The van der Waals surface area contributed by atoms with Gasteiger partial charge < -0.3 is 10.2 Å². The fourth-order valence-corrected chi connectivity index (χ4v) is 3.72. The van der Waals surface area contributed by atoms with Crippen LogP contribution in [0.15, 0.2) is 36.4 Å². The maximum Gasteiger partial charge on any atom is 0.294 e. The van der Waals surface area contributed by atoms with Crippen molar-refractivity contribution in [3.8, 4) is 0 Å². The van der Waals surface area contributed by atoms with Crippen molar-refractivity contribution in [3.63, 3.8) is 0 Å². The molecule has 7 heteroatoms. The summed E-state index contributed by atoms with van der Waals surface area (Å²) in [5, 5.41) is 14.5. The summed E-state index contributed by atoms with van der Waals surface area (Å²) < 4.78 is 0. The molecule has 6 nitrogen and oxygen atoms in total. The molecule has 1 N–H and O–H groups in total. The highest BCUT2D eigenvalue weighted by Gasteiger charge is 2.26. The molecular formula is C22H26ClN3O3. The molecule has 0 aliphatic carbocycles. The van der Waals surface area contributed by atoms with Crippen LogP contribution in [-0.4, -0.2) is 23.9 Å². The van der Waals surface area contributed by atoms with E-state index in [1.54, 1.807) is 18.2 Å². The summed E-state index contributed by atoms with van der Waals surface area (Å²) >= 11 is 6.27. The number of hydrogen-bond acceptors (Lipinski definition) is 4. The highest BCUT2D eigenvalue weighted by atomic mass is 35.5. The van der Waals surface area contributed by atoms with Crippen LogP contribution in [0.5, 0.6) is 0 Å². The van der Waals surface area contributed by atoms with Gasteiger partial charge in [-0.1, -0.05) is 44.5 Å². The van der Waals surface area contributed by atoms with E-state index in [-0.39, 0.29) is 16.6 Å². The number of benzene rings is 2. The van der Waals surface area contributed by atoms with E-state index in [9.17, 15) is 14.9 Å². The average molecular weight is 416 g/mol. The molecule has 0 spiro atoms. The average Bonchev–Trinajstić information content (AvgIpc) is 2.69. The highest BCUT2D eigenvalue weighted by molar-refractivity contribution is 6.34. The Morgan fingerprint density at radius 3 is 2.38 bits per heavy atom. The molecule has 3 rings (SSSR count). The molecule has 1 aliphatic heterocycles. The van der Waals surface area contributed by atoms with Gasteiger partial charge in [0, 0.05) is 24.7 Å². The number of nitrogens with zero attached hydrogens (tertiary/aromatic N) is 2. The normalized spacial score (nSPS) is 14.9. The number of nitro benzene ring substituents is 1. The van der Waals surface area contributed by atoms with Gasteiger partial charge in [-0.25, -0.2) is 0 Å². The second-order valence-electron chi connectivity index (χ2n) is 7.98. The molecule has 1 saturated heterocycles. The van der Waals surface area contributed by atoms with Crippen LogP contribution >= 0.6 is 11.6 Å². The van der Waals surface area contributed by atoms with E-state index in [0.29, 0.717) is 28.8 Å². The Kier molecular flexibility index (Phi) is 6.42. The Balaban J connectivity index is 1.87. The van der Waals surface area contributed by atoms with Crippen LogP contribution in [0.4, 0.5) is 17.1 Å². The lowest BCUT2D eigenvalue weighted by molar-refractivity contribution is -0.384.